The fourth-order valence-corrected chi connectivity index (χ4v) is 2.98. The number of benzene rings is 2. The number of amides is 1. The third kappa shape index (κ3) is 5.02. The van der Waals surface area contributed by atoms with Crippen molar-refractivity contribution in [2.24, 2.45) is 0 Å². The van der Waals surface area contributed by atoms with Crippen LogP contribution in [-0.2, 0) is 18.0 Å². The second-order valence-electron chi connectivity index (χ2n) is 6.16. The molecule has 0 aliphatic heterocycles. The lowest BCUT2D eigenvalue weighted by molar-refractivity contribution is -0.390. The lowest BCUT2D eigenvalue weighted by Crippen LogP contribution is -2.23. The van der Waals surface area contributed by atoms with Crippen molar-refractivity contribution >= 4 is 27.7 Å². The molecule has 3 rings (SSSR count). The zero-order valence-electron chi connectivity index (χ0n) is 15.0. The fraction of sp³-hybridized carbons (Fsp3) is 0.158. The molecule has 0 aliphatic carbocycles. The molecule has 0 atom stereocenters. The van der Waals surface area contributed by atoms with Crippen LogP contribution in [0.15, 0.2) is 59.2 Å². The number of rotatable bonds is 7. The van der Waals surface area contributed by atoms with Crippen LogP contribution in [-0.4, -0.2) is 20.6 Å². The Labute approximate surface area is 169 Å². The average Bonchev–Trinajstić information content (AvgIpc) is 3.04. The van der Waals surface area contributed by atoms with Crippen molar-refractivity contribution in [3.63, 3.8) is 0 Å². The number of hydroxylamine groups is 1. The molecule has 1 heterocycles. The van der Waals surface area contributed by atoms with E-state index in [1.165, 1.54) is 10.9 Å². The number of nitrogens with one attached hydrogen (secondary N) is 1. The van der Waals surface area contributed by atoms with E-state index in [2.05, 4.69) is 26.5 Å². The van der Waals surface area contributed by atoms with Gasteiger partial charge in [-0.1, -0.05) is 42.0 Å². The molecule has 1 aromatic heterocycles. The Balaban J connectivity index is 1.60. The molecular formula is C19H17BrN4O4. The predicted octanol–water partition coefficient (Wildman–Crippen LogP) is 3.77. The molecule has 8 nitrogen and oxygen atoms in total. The minimum atomic E-state index is -0.560. The second kappa shape index (κ2) is 8.77. The van der Waals surface area contributed by atoms with Crippen LogP contribution < -0.4 is 5.48 Å². The van der Waals surface area contributed by atoms with E-state index >= 15 is 0 Å². The first-order valence-corrected chi connectivity index (χ1v) is 9.15. The van der Waals surface area contributed by atoms with Gasteiger partial charge in [0, 0.05) is 5.56 Å². The zero-order valence-corrected chi connectivity index (χ0v) is 16.5. The van der Waals surface area contributed by atoms with Crippen LogP contribution in [0, 0.1) is 17.0 Å². The normalized spacial score (nSPS) is 10.6. The van der Waals surface area contributed by atoms with Gasteiger partial charge in [-0.3, -0.25) is 9.63 Å². The highest BCUT2D eigenvalue weighted by Crippen LogP contribution is 2.22. The molecule has 28 heavy (non-hydrogen) atoms. The molecule has 1 N–H and O–H groups in total. The molecule has 0 saturated carbocycles. The Hall–Kier alpha value is -3.04. The smallest absolute Gasteiger partial charge is 0.358 e. The van der Waals surface area contributed by atoms with E-state index < -0.39 is 4.92 Å². The molecule has 0 aliphatic rings. The molecule has 144 valence electrons. The average molecular weight is 445 g/mol. The van der Waals surface area contributed by atoms with E-state index in [-0.39, 0.29) is 24.9 Å². The van der Waals surface area contributed by atoms with Gasteiger partial charge in [-0.15, -0.1) is 0 Å². The van der Waals surface area contributed by atoms with Crippen molar-refractivity contribution in [3.8, 4) is 0 Å². The number of nitrogens with zero attached hydrogens (tertiary/aromatic N) is 3. The molecular weight excluding hydrogens is 428 g/mol. The quantitative estimate of drug-likeness (QED) is 0.441. The summed E-state index contributed by atoms with van der Waals surface area (Å²) in [6.07, 6.45) is 1.52. The lowest BCUT2D eigenvalue weighted by atomic mass is 10.1. The molecule has 3 aromatic rings. The summed E-state index contributed by atoms with van der Waals surface area (Å²) in [6.45, 7) is 2.55. The van der Waals surface area contributed by atoms with Gasteiger partial charge in [0.05, 0.1) is 24.4 Å². The van der Waals surface area contributed by atoms with Crippen LogP contribution in [0.5, 0.6) is 0 Å². The monoisotopic (exact) mass is 444 g/mol. The standard InChI is InChI=1S/C19H17BrN4O4/c1-13-5-7-14(8-6-13)12-28-22-19(25)16-4-2-3-15(9-16)10-23-11-17(20)18(21-23)24(26)27/h2-9,11H,10,12H2,1H3,(H,22,25). The van der Waals surface area contributed by atoms with Crippen LogP contribution in [0.1, 0.15) is 27.0 Å². The molecule has 0 unspecified atom stereocenters. The SMILES string of the molecule is Cc1ccc(CONC(=O)c2cccc(Cn3cc(Br)c([N+](=O)[O-])n3)c2)cc1. The first-order valence-electron chi connectivity index (χ1n) is 8.36. The summed E-state index contributed by atoms with van der Waals surface area (Å²) in [6, 6.07) is 14.7. The summed E-state index contributed by atoms with van der Waals surface area (Å²) in [5.41, 5.74) is 5.72. The van der Waals surface area contributed by atoms with Crippen LogP contribution in [0.4, 0.5) is 5.82 Å². The van der Waals surface area contributed by atoms with Gasteiger partial charge in [0.25, 0.3) is 5.91 Å². The van der Waals surface area contributed by atoms with Crippen molar-refractivity contribution in [1.82, 2.24) is 15.3 Å². The van der Waals surface area contributed by atoms with E-state index in [1.807, 2.05) is 37.3 Å². The van der Waals surface area contributed by atoms with Crippen LogP contribution in [0.3, 0.4) is 0 Å². The summed E-state index contributed by atoms with van der Waals surface area (Å²) in [5.74, 6) is -0.625. The lowest BCUT2D eigenvalue weighted by Gasteiger charge is -2.07. The van der Waals surface area contributed by atoms with E-state index in [0.29, 0.717) is 10.0 Å². The van der Waals surface area contributed by atoms with E-state index in [1.54, 1.807) is 18.2 Å². The molecule has 0 spiro atoms. The maximum Gasteiger partial charge on any atom is 0.404 e. The highest BCUT2D eigenvalue weighted by molar-refractivity contribution is 9.10. The maximum absolute atomic E-state index is 12.3. The van der Waals surface area contributed by atoms with Crippen molar-refractivity contribution < 1.29 is 14.6 Å². The highest BCUT2D eigenvalue weighted by atomic mass is 79.9. The number of aryl methyl sites for hydroxylation is 1. The second-order valence-corrected chi connectivity index (χ2v) is 7.02. The summed E-state index contributed by atoms with van der Waals surface area (Å²) in [5, 5.41) is 14.8. The highest BCUT2D eigenvalue weighted by Gasteiger charge is 2.18. The number of hydrogen-bond acceptors (Lipinski definition) is 5. The summed E-state index contributed by atoms with van der Waals surface area (Å²) >= 11 is 3.11. The van der Waals surface area contributed by atoms with Gasteiger partial charge in [0.15, 0.2) is 0 Å². The van der Waals surface area contributed by atoms with Gasteiger partial charge in [0.1, 0.15) is 4.47 Å². The van der Waals surface area contributed by atoms with Gasteiger partial charge in [-0.2, -0.15) is 4.68 Å². The Morgan fingerprint density at radius 3 is 2.68 bits per heavy atom. The van der Waals surface area contributed by atoms with Gasteiger partial charge >= 0.3 is 5.82 Å². The van der Waals surface area contributed by atoms with Gasteiger partial charge in [-0.25, -0.2) is 5.48 Å². The summed E-state index contributed by atoms with van der Waals surface area (Å²) < 4.78 is 1.74. The number of aromatic nitrogens is 2. The zero-order chi connectivity index (χ0) is 20.1. The number of carbonyl (C=O) groups is 1. The van der Waals surface area contributed by atoms with Crippen LogP contribution in [0.25, 0.3) is 0 Å². The molecule has 0 saturated heterocycles. The number of nitro groups is 1. The number of carbonyl (C=O) groups excluding carboxylic acids is 1. The van der Waals surface area contributed by atoms with Crippen LogP contribution in [0.2, 0.25) is 0 Å². The van der Waals surface area contributed by atoms with Crippen LogP contribution >= 0.6 is 15.9 Å². The Morgan fingerprint density at radius 1 is 1.25 bits per heavy atom. The summed E-state index contributed by atoms with van der Waals surface area (Å²) in [7, 11) is 0. The first kappa shape index (κ1) is 19.7. The van der Waals surface area contributed by atoms with Crippen molar-refractivity contribution in [2.45, 2.75) is 20.1 Å². The molecule has 2 aromatic carbocycles. The Bertz CT molecular complexity index is 1000. The Kier molecular flexibility index (Phi) is 6.17. The van der Waals surface area contributed by atoms with E-state index in [4.69, 9.17) is 4.84 Å². The molecule has 1 amide bonds. The van der Waals surface area contributed by atoms with Crippen molar-refractivity contribution in [1.29, 1.82) is 0 Å². The summed E-state index contributed by atoms with van der Waals surface area (Å²) in [4.78, 5) is 27.9. The minimum absolute atomic E-state index is 0.251. The van der Waals surface area contributed by atoms with Crippen molar-refractivity contribution in [3.05, 3.63) is 91.6 Å². The van der Waals surface area contributed by atoms with E-state index in [9.17, 15) is 14.9 Å². The predicted molar refractivity (Wildman–Crippen MR) is 106 cm³/mol. The minimum Gasteiger partial charge on any atom is -0.358 e. The third-order valence-corrected chi connectivity index (χ3v) is 4.49. The number of halogens is 1. The molecule has 0 radical (unpaired) electrons. The Morgan fingerprint density at radius 2 is 2.00 bits per heavy atom. The van der Waals surface area contributed by atoms with Crippen molar-refractivity contribution in [2.75, 3.05) is 0 Å². The molecule has 0 bridgehead atoms. The van der Waals surface area contributed by atoms with E-state index in [0.717, 1.165) is 16.7 Å². The van der Waals surface area contributed by atoms with Gasteiger partial charge < -0.3 is 10.1 Å². The topological polar surface area (TPSA) is 99.3 Å². The number of hydrogen-bond donors (Lipinski definition) is 1. The van der Waals surface area contributed by atoms with Gasteiger partial charge in [-0.05, 0) is 51.0 Å². The molecule has 9 heteroatoms. The molecule has 0 fully saturated rings. The largest absolute Gasteiger partial charge is 0.404 e. The van der Waals surface area contributed by atoms with Gasteiger partial charge in [0.2, 0.25) is 0 Å². The third-order valence-electron chi connectivity index (χ3n) is 3.93. The first-order chi connectivity index (χ1) is 13.4. The maximum atomic E-state index is 12.3. The fourth-order valence-electron chi connectivity index (χ4n) is 2.52.